The summed E-state index contributed by atoms with van der Waals surface area (Å²) in [5.41, 5.74) is 4.98. The first-order valence-electron chi connectivity index (χ1n) is 5.37. The molecule has 1 aromatic rings. The van der Waals surface area contributed by atoms with Gasteiger partial charge >= 0.3 is 5.97 Å². The van der Waals surface area contributed by atoms with Gasteiger partial charge in [-0.15, -0.1) is 23.1 Å². The molecule has 0 aliphatic rings. The number of carbonyl (C=O) groups excluding carboxylic acids is 2. The van der Waals surface area contributed by atoms with Gasteiger partial charge in [0, 0.05) is 10.6 Å². The quantitative estimate of drug-likeness (QED) is 0.723. The van der Waals surface area contributed by atoms with Gasteiger partial charge in [-0.05, 0) is 11.4 Å². The van der Waals surface area contributed by atoms with Crippen LogP contribution in [-0.4, -0.2) is 46.6 Å². The maximum atomic E-state index is 11.8. The van der Waals surface area contributed by atoms with E-state index in [1.54, 1.807) is 11.3 Å². The maximum Gasteiger partial charge on any atom is 0.323 e. The first-order chi connectivity index (χ1) is 8.99. The highest BCUT2D eigenvalue weighted by molar-refractivity contribution is 7.99. The molecule has 0 aliphatic carbocycles. The Labute approximate surface area is 118 Å². The van der Waals surface area contributed by atoms with Crippen molar-refractivity contribution in [3.8, 4) is 0 Å². The lowest BCUT2D eigenvalue weighted by Gasteiger charge is -2.18. The Morgan fingerprint density at radius 1 is 1.37 bits per heavy atom. The Morgan fingerprint density at radius 3 is 2.63 bits per heavy atom. The van der Waals surface area contributed by atoms with Crippen LogP contribution in [0.5, 0.6) is 0 Å². The van der Waals surface area contributed by atoms with Crippen LogP contribution in [0, 0.1) is 0 Å². The van der Waals surface area contributed by atoms with E-state index in [-0.39, 0.29) is 12.3 Å². The van der Waals surface area contributed by atoms with Gasteiger partial charge in [0.25, 0.3) is 0 Å². The van der Waals surface area contributed by atoms with Crippen molar-refractivity contribution >= 4 is 40.9 Å². The molecule has 1 aromatic heterocycles. The lowest BCUT2D eigenvalue weighted by molar-refractivity contribution is -0.144. The van der Waals surface area contributed by atoms with Crippen molar-refractivity contribution in [2.45, 2.75) is 5.75 Å². The summed E-state index contributed by atoms with van der Waals surface area (Å²) in [7, 11) is 0. The molecule has 0 unspecified atom stereocenters. The van der Waals surface area contributed by atoms with Gasteiger partial charge < -0.3 is 15.7 Å². The Balaban J connectivity index is 2.42. The molecule has 0 spiro atoms. The van der Waals surface area contributed by atoms with Crippen molar-refractivity contribution in [1.29, 1.82) is 0 Å². The Morgan fingerprint density at radius 2 is 2.11 bits per heavy atom. The topological polar surface area (TPSA) is 101 Å². The van der Waals surface area contributed by atoms with Crippen LogP contribution in [0.1, 0.15) is 4.88 Å². The molecule has 8 heteroatoms. The molecular weight excluding hydrogens is 288 g/mol. The van der Waals surface area contributed by atoms with E-state index in [1.807, 2.05) is 17.5 Å². The largest absolute Gasteiger partial charge is 0.480 e. The second-order valence-corrected chi connectivity index (χ2v) is 5.70. The van der Waals surface area contributed by atoms with Crippen LogP contribution in [-0.2, 0) is 20.1 Å². The van der Waals surface area contributed by atoms with Gasteiger partial charge in [-0.3, -0.25) is 14.4 Å². The molecule has 0 bridgehead atoms. The summed E-state index contributed by atoms with van der Waals surface area (Å²) >= 11 is 2.97. The van der Waals surface area contributed by atoms with Gasteiger partial charge in [-0.2, -0.15) is 0 Å². The van der Waals surface area contributed by atoms with Gasteiger partial charge in [-0.1, -0.05) is 6.07 Å². The average molecular weight is 302 g/mol. The molecule has 3 N–H and O–H groups in total. The van der Waals surface area contributed by atoms with E-state index in [9.17, 15) is 14.4 Å². The van der Waals surface area contributed by atoms with Crippen molar-refractivity contribution < 1.29 is 19.5 Å². The Hall–Kier alpha value is -1.54. The summed E-state index contributed by atoms with van der Waals surface area (Å²) in [6.07, 6.45) is 0. The summed E-state index contributed by atoms with van der Waals surface area (Å²) in [6.45, 7) is -0.883. The fraction of sp³-hybridized carbons (Fsp3) is 0.364. The predicted molar refractivity (Wildman–Crippen MR) is 73.9 cm³/mol. The summed E-state index contributed by atoms with van der Waals surface area (Å²) < 4.78 is 0. The number of aliphatic carboxylic acids is 1. The van der Waals surface area contributed by atoms with Gasteiger partial charge in [0.15, 0.2) is 0 Å². The van der Waals surface area contributed by atoms with E-state index in [0.29, 0.717) is 5.75 Å². The molecule has 0 saturated heterocycles. The molecule has 1 heterocycles. The highest BCUT2D eigenvalue weighted by Crippen LogP contribution is 2.17. The van der Waals surface area contributed by atoms with Gasteiger partial charge in [-0.25, -0.2) is 0 Å². The lowest BCUT2D eigenvalue weighted by atomic mass is 10.4. The zero-order valence-corrected chi connectivity index (χ0v) is 11.7. The van der Waals surface area contributed by atoms with Crippen LogP contribution >= 0.6 is 23.1 Å². The Kier molecular flexibility index (Phi) is 6.37. The fourth-order valence-corrected chi connectivity index (χ4v) is 3.08. The highest BCUT2D eigenvalue weighted by atomic mass is 32.2. The number of nitrogens with zero attached hydrogens (tertiary/aromatic N) is 1. The molecule has 0 atom stereocenters. The van der Waals surface area contributed by atoms with E-state index in [2.05, 4.69) is 0 Å². The maximum absolute atomic E-state index is 11.8. The fourth-order valence-electron chi connectivity index (χ4n) is 1.31. The number of carboxylic acid groups (broad SMARTS) is 1. The second kappa shape index (κ2) is 7.80. The molecule has 0 radical (unpaired) electrons. The molecule has 0 aliphatic heterocycles. The van der Waals surface area contributed by atoms with Crippen molar-refractivity contribution in [2.75, 3.05) is 18.8 Å². The molecule has 6 nitrogen and oxygen atoms in total. The predicted octanol–water partition coefficient (Wildman–Crippen LogP) is 0.380. The van der Waals surface area contributed by atoms with Crippen LogP contribution in [0.15, 0.2) is 17.5 Å². The number of amides is 2. The lowest BCUT2D eigenvalue weighted by Crippen LogP contribution is -2.42. The summed E-state index contributed by atoms with van der Waals surface area (Å²) in [5, 5.41) is 10.6. The molecule has 2 amide bonds. The summed E-state index contributed by atoms with van der Waals surface area (Å²) in [4.78, 5) is 35.3. The standard InChI is InChI=1S/C11H14N2O4S2/c12-9(14)4-13(5-11(16)17)10(15)7-18-6-8-2-1-3-19-8/h1-3H,4-7H2,(H2,12,14)(H,16,17). The van der Waals surface area contributed by atoms with E-state index in [4.69, 9.17) is 10.8 Å². The van der Waals surface area contributed by atoms with Gasteiger partial charge in [0.2, 0.25) is 11.8 Å². The molecule has 1 rings (SSSR count). The molecule has 0 fully saturated rings. The summed E-state index contributed by atoms with van der Waals surface area (Å²) in [5.74, 6) is -1.49. The van der Waals surface area contributed by atoms with Crippen LogP contribution in [0.4, 0.5) is 0 Å². The highest BCUT2D eigenvalue weighted by Gasteiger charge is 2.18. The van der Waals surface area contributed by atoms with Crippen molar-refractivity contribution in [3.05, 3.63) is 22.4 Å². The summed E-state index contributed by atoms with van der Waals surface area (Å²) in [6, 6.07) is 3.88. The minimum absolute atomic E-state index is 0.123. The van der Waals surface area contributed by atoms with Crippen LogP contribution in [0.3, 0.4) is 0 Å². The van der Waals surface area contributed by atoms with Crippen LogP contribution < -0.4 is 5.73 Å². The number of nitrogens with two attached hydrogens (primary N) is 1. The zero-order chi connectivity index (χ0) is 14.3. The second-order valence-electron chi connectivity index (χ2n) is 3.68. The third-order valence-electron chi connectivity index (χ3n) is 2.08. The van der Waals surface area contributed by atoms with Crippen molar-refractivity contribution in [1.82, 2.24) is 4.90 Å². The third-order valence-corrected chi connectivity index (χ3v) is 4.10. The van der Waals surface area contributed by atoms with Gasteiger partial charge in [0.05, 0.1) is 12.3 Å². The number of carboxylic acids is 1. The number of carbonyl (C=O) groups is 3. The molecule has 104 valence electrons. The number of thioether (sulfide) groups is 1. The minimum Gasteiger partial charge on any atom is -0.480 e. The van der Waals surface area contributed by atoms with Gasteiger partial charge in [0.1, 0.15) is 6.54 Å². The normalized spacial score (nSPS) is 10.1. The van der Waals surface area contributed by atoms with E-state index < -0.39 is 24.3 Å². The van der Waals surface area contributed by atoms with Crippen LogP contribution in [0.25, 0.3) is 0 Å². The average Bonchev–Trinajstić information content (AvgIpc) is 2.79. The molecule has 19 heavy (non-hydrogen) atoms. The third kappa shape index (κ3) is 6.25. The van der Waals surface area contributed by atoms with E-state index in [1.165, 1.54) is 11.8 Å². The number of rotatable bonds is 8. The molecule has 0 saturated carbocycles. The SMILES string of the molecule is NC(=O)CN(CC(=O)O)C(=O)CSCc1cccs1. The van der Waals surface area contributed by atoms with Crippen LogP contribution in [0.2, 0.25) is 0 Å². The first-order valence-corrected chi connectivity index (χ1v) is 7.40. The Bertz CT molecular complexity index is 432. The monoisotopic (exact) mass is 302 g/mol. The number of primary amides is 1. The van der Waals surface area contributed by atoms with E-state index in [0.717, 1.165) is 9.78 Å². The number of hydrogen-bond acceptors (Lipinski definition) is 5. The first kappa shape index (κ1) is 15.5. The minimum atomic E-state index is -1.17. The zero-order valence-electron chi connectivity index (χ0n) is 10.1. The number of hydrogen-bond donors (Lipinski definition) is 2. The van der Waals surface area contributed by atoms with E-state index >= 15 is 0 Å². The van der Waals surface area contributed by atoms with Crippen molar-refractivity contribution in [2.24, 2.45) is 5.73 Å². The molecule has 0 aromatic carbocycles. The molecular formula is C11H14N2O4S2. The van der Waals surface area contributed by atoms with Crippen molar-refractivity contribution in [3.63, 3.8) is 0 Å². The number of thiophene rings is 1. The smallest absolute Gasteiger partial charge is 0.323 e.